The van der Waals surface area contributed by atoms with Crippen molar-refractivity contribution in [1.82, 2.24) is 4.98 Å². The Hall–Kier alpha value is -4.20. The molecule has 1 saturated heterocycles. The first kappa shape index (κ1) is 34.1. The molecule has 47 heavy (non-hydrogen) atoms. The predicted molar refractivity (Wildman–Crippen MR) is 174 cm³/mol. The maximum absolute atomic E-state index is 13.7. The van der Waals surface area contributed by atoms with Crippen molar-refractivity contribution in [2.24, 2.45) is 11.7 Å². The van der Waals surface area contributed by atoms with Crippen LogP contribution in [0.2, 0.25) is 0 Å². The number of aliphatic hydroxyl groups is 4. The van der Waals surface area contributed by atoms with E-state index in [1.54, 1.807) is 22.4 Å². The summed E-state index contributed by atoms with van der Waals surface area (Å²) in [7, 11) is 0. The number of hydrogen-bond acceptors (Lipinski definition) is 9. The Bertz CT molecular complexity index is 1690. The summed E-state index contributed by atoms with van der Waals surface area (Å²) in [6.45, 7) is -1.21. The molecule has 1 aliphatic heterocycles. The van der Waals surface area contributed by atoms with Gasteiger partial charge in [0, 0.05) is 23.1 Å². The van der Waals surface area contributed by atoms with Crippen molar-refractivity contribution in [3.05, 3.63) is 111 Å². The average molecular weight is 664 g/mol. The number of aryl methyl sites for hydroxylation is 3. The minimum absolute atomic E-state index is 0.0182. The minimum Gasteiger partial charge on any atom is -0.508 e. The quantitative estimate of drug-likeness (QED) is 0.104. The third-order valence-electron chi connectivity index (χ3n) is 8.74. The second-order valence-electron chi connectivity index (χ2n) is 12.0. The maximum Gasteiger partial charge on any atom is 0.268 e. The summed E-state index contributed by atoms with van der Waals surface area (Å²) in [6.07, 6.45) is 1.28. The monoisotopic (exact) mass is 663 g/mol. The highest BCUT2D eigenvalue weighted by atomic mass is 32.1. The lowest BCUT2D eigenvalue weighted by molar-refractivity contribution is -0.131. The number of carbonyl (C=O) groups is 2. The van der Waals surface area contributed by atoms with E-state index in [4.69, 9.17) is 5.73 Å². The van der Waals surface area contributed by atoms with Gasteiger partial charge in [0.25, 0.3) is 5.91 Å². The summed E-state index contributed by atoms with van der Waals surface area (Å²) >= 11 is 1.37. The number of nitrogens with zero attached hydrogens (tertiary/aromatic N) is 2. The molecular formula is C35H38FN3O7S. The van der Waals surface area contributed by atoms with Crippen molar-refractivity contribution in [1.29, 1.82) is 0 Å². The number of rotatable bonds is 15. The van der Waals surface area contributed by atoms with Crippen LogP contribution in [0.3, 0.4) is 0 Å². The Kier molecular flexibility index (Phi) is 10.7. The largest absolute Gasteiger partial charge is 0.508 e. The fourth-order valence-electron chi connectivity index (χ4n) is 5.86. The Morgan fingerprint density at radius 3 is 2.32 bits per heavy atom. The molecule has 2 amide bonds. The van der Waals surface area contributed by atoms with E-state index in [1.807, 2.05) is 24.3 Å². The number of hydrogen-bond donors (Lipinski definition) is 6. The summed E-state index contributed by atoms with van der Waals surface area (Å²) in [5.41, 5.74) is 7.29. The number of β-lactam (4-membered cyclic amide) rings is 1. The third-order valence-corrected chi connectivity index (χ3v) is 9.65. The zero-order valence-corrected chi connectivity index (χ0v) is 26.4. The second-order valence-corrected chi connectivity index (χ2v) is 12.9. The van der Waals surface area contributed by atoms with Gasteiger partial charge in [0.15, 0.2) is 0 Å². The summed E-state index contributed by atoms with van der Waals surface area (Å²) < 4.78 is 13.4. The number of halogens is 1. The molecule has 0 bridgehead atoms. The molecule has 0 saturated carbocycles. The normalized spacial score (nSPS) is 17.0. The van der Waals surface area contributed by atoms with Crippen molar-refractivity contribution >= 4 is 28.8 Å². The van der Waals surface area contributed by atoms with Crippen LogP contribution >= 0.6 is 11.3 Å². The number of amides is 2. The fourth-order valence-corrected chi connectivity index (χ4v) is 6.65. The lowest BCUT2D eigenvalue weighted by Crippen LogP contribution is -2.55. The van der Waals surface area contributed by atoms with Crippen LogP contribution in [0.15, 0.2) is 72.1 Å². The van der Waals surface area contributed by atoms with Crippen molar-refractivity contribution in [3.63, 3.8) is 0 Å². The van der Waals surface area contributed by atoms with Gasteiger partial charge in [-0.25, -0.2) is 9.37 Å². The maximum atomic E-state index is 13.7. The smallest absolute Gasteiger partial charge is 0.268 e. The molecule has 2 heterocycles. The number of phenols is 1. The first-order valence-electron chi connectivity index (χ1n) is 15.4. The number of benzene rings is 3. The fraction of sp³-hybridized carbons (Fsp3) is 0.343. The SMILES string of the molecule is NC(=O)c1csc(CCc2ccc(N3C(=O)C(CCC(O)c4ccc(F)cc4)C3c3cc(CCC(O)(CO)CO)ccc3O)cc2)n1. The number of thiazole rings is 1. The Morgan fingerprint density at radius 1 is 1.00 bits per heavy atom. The molecule has 3 atom stereocenters. The highest BCUT2D eigenvalue weighted by molar-refractivity contribution is 7.09. The van der Waals surface area contributed by atoms with Gasteiger partial charge < -0.3 is 36.2 Å². The van der Waals surface area contributed by atoms with E-state index < -0.39 is 48.6 Å². The summed E-state index contributed by atoms with van der Waals surface area (Å²) in [5, 5.41) is 53.6. The van der Waals surface area contributed by atoms with Gasteiger partial charge in [-0.3, -0.25) is 9.59 Å². The molecule has 1 aromatic heterocycles. The van der Waals surface area contributed by atoms with Crippen molar-refractivity contribution < 1.29 is 39.5 Å². The standard InChI is InChI=1S/C35H38FN3O7S/c36-24-7-5-23(6-8-24)29(42)13-11-26-32(27-17-22(3-12-30(27)43)15-16-35(46,19-40)20-41)39(34(26)45)25-9-1-21(2-10-25)4-14-31-38-28(18-47-31)33(37)44/h1-3,5-10,12,17-18,26,29,32,40-43,46H,4,11,13-16,19-20H2,(H2,37,44). The van der Waals surface area contributed by atoms with Crippen LogP contribution in [0.25, 0.3) is 0 Å². The van der Waals surface area contributed by atoms with Crippen LogP contribution in [0.5, 0.6) is 5.75 Å². The summed E-state index contributed by atoms with van der Waals surface area (Å²) in [6, 6.07) is 17.5. The van der Waals surface area contributed by atoms with Gasteiger partial charge in [0.05, 0.1) is 36.3 Å². The molecule has 5 rings (SSSR count). The molecule has 1 aliphatic rings. The van der Waals surface area contributed by atoms with Crippen LogP contribution in [0.4, 0.5) is 10.1 Å². The Balaban J connectivity index is 1.37. The third kappa shape index (κ3) is 7.86. The average Bonchev–Trinajstić information content (AvgIpc) is 3.56. The van der Waals surface area contributed by atoms with Crippen molar-refractivity contribution in [2.75, 3.05) is 18.1 Å². The number of aliphatic hydroxyl groups excluding tert-OH is 3. The molecule has 3 unspecified atom stereocenters. The summed E-state index contributed by atoms with van der Waals surface area (Å²) in [4.78, 5) is 30.9. The number of carbonyl (C=O) groups excluding carboxylic acids is 2. The van der Waals surface area contributed by atoms with E-state index in [-0.39, 0.29) is 30.2 Å². The van der Waals surface area contributed by atoms with Crippen LogP contribution in [0.1, 0.15) is 69.2 Å². The Labute approximate surface area is 275 Å². The zero-order chi connectivity index (χ0) is 33.7. The number of nitrogens with two attached hydrogens (primary N) is 1. The molecular weight excluding hydrogens is 625 g/mol. The molecule has 3 aromatic carbocycles. The molecule has 7 N–H and O–H groups in total. The lowest BCUT2D eigenvalue weighted by atomic mass is 9.77. The molecule has 0 aliphatic carbocycles. The van der Waals surface area contributed by atoms with Crippen molar-refractivity contribution in [3.8, 4) is 5.75 Å². The molecule has 0 spiro atoms. The van der Waals surface area contributed by atoms with Gasteiger partial charge in [0.2, 0.25) is 5.91 Å². The Morgan fingerprint density at radius 2 is 1.68 bits per heavy atom. The number of primary amides is 1. The van der Waals surface area contributed by atoms with Gasteiger partial charge in [-0.2, -0.15) is 0 Å². The second kappa shape index (κ2) is 14.7. The molecule has 1 fully saturated rings. The van der Waals surface area contributed by atoms with E-state index in [9.17, 15) is 39.5 Å². The number of phenolic OH excluding ortho intramolecular Hbond substituents is 1. The van der Waals surface area contributed by atoms with E-state index >= 15 is 0 Å². The van der Waals surface area contributed by atoms with E-state index in [0.717, 1.165) is 16.1 Å². The van der Waals surface area contributed by atoms with Gasteiger partial charge in [-0.05, 0) is 85.2 Å². The van der Waals surface area contributed by atoms with Crippen LogP contribution < -0.4 is 10.6 Å². The first-order chi connectivity index (χ1) is 22.5. The van der Waals surface area contributed by atoms with E-state index in [0.29, 0.717) is 42.5 Å². The van der Waals surface area contributed by atoms with E-state index in [2.05, 4.69) is 4.98 Å². The van der Waals surface area contributed by atoms with Crippen LogP contribution in [0, 0.1) is 11.7 Å². The highest BCUT2D eigenvalue weighted by Gasteiger charge is 2.49. The van der Waals surface area contributed by atoms with Gasteiger partial charge in [-0.15, -0.1) is 11.3 Å². The van der Waals surface area contributed by atoms with Gasteiger partial charge in [-0.1, -0.05) is 30.3 Å². The van der Waals surface area contributed by atoms with E-state index in [1.165, 1.54) is 41.7 Å². The van der Waals surface area contributed by atoms with Crippen molar-refractivity contribution in [2.45, 2.75) is 56.3 Å². The topological polar surface area (TPSA) is 177 Å². The van der Waals surface area contributed by atoms with Gasteiger partial charge in [0.1, 0.15) is 22.9 Å². The predicted octanol–water partition coefficient (Wildman–Crippen LogP) is 3.74. The van der Waals surface area contributed by atoms with Crippen LogP contribution in [-0.2, 0) is 24.1 Å². The molecule has 10 nitrogen and oxygen atoms in total. The van der Waals surface area contributed by atoms with Crippen LogP contribution in [-0.4, -0.2) is 61.1 Å². The first-order valence-corrected chi connectivity index (χ1v) is 16.3. The zero-order valence-electron chi connectivity index (χ0n) is 25.6. The summed E-state index contributed by atoms with van der Waals surface area (Å²) in [5.74, 6) is -1.74. The molecule has 4 aromatic rings. The van der Waals surface area contributed by atoms with Gasteiger partial charge >= 0.3 is 0 Å². The molecule has 12 heteroatoms. The number of anilines is 1. The minimum atomic E-state index is -1.65. The highest BCUT2D eigenvalue weighted by Crippen LogP contribution is 2.49. The number of aromatic nitrogens is 1. The molecule has 0 radical (unpaired) electrons. The molecule has 248 valence electrons. The lowest BCUT2D eigenvalue weighted by Gasteiger charge is -2.48. The number of aromatic hydroxyl groups is 1.